The molecule has 2 aromatic rings. The normalized spacial score (nSPS) is 14.4. The molecule has 0 aromatic carbocycles. The summed E-state index contributed by atoms with van der Waals surface area (Å²) >= 11 is 5.27. The van der Waals surface area contributed by atoms with Crippen LogP contribution in [0, 0.1) is 0 Å². The van der Waals surface area contributed by atoms with Crippen LogP contribution in [0.15, 0.2) is 27.5 Å². The number of nitrogens with zero attached hydrogens (tertiary/aromatic N) is 2. The van der Waals surface area contributed by atoms with Crippen molar-refractivity contribution in [3.05, 3.63) is 38.8 Å². The van der Waals surface area contributed by atoms with E-state index in [1.807, 2.05) is 0 Å². The fourth-order valence-corrected chi connectivity index (χ4v) is 3.42. The van der Waals surface area contributed by atoms with Crippen molar-refractivity contribution in [2.24, 2.45) is 0 Å². The Labute approximate surface area is 133 Å². The van der Waals surface area contributed by atoms with Gasteiger partial charge in [-0.15, -0.1) is 11.3 Å². The molecule has 0 amide bonds. The van der Waals surface area contributed by atoms with Crippen LogP contribution >= 0.6 is 27.3 Å². The van der Waals surface area contributed by atoms with Crippen molar-refractivity contribution < 1.29 is 0 Å². The lowest BCUT2D eigenvalue weighted by atomic mass is 10.1. The Morgan fingerprint density at radius 1 is 1.45 bits per heavy atom. The summed E-state index contributed by atoms with van der Waals surface area (Å²) in [5, 5.41) is 10.5. The second-order valence-electron chi connectivity index (χ2n) is 5.04. The second-order valence-corrected chi connectivity index (χ2v) is 7.33. The van der Waals surface area contributed by atoms with E-state index in [0.717, 1.165) is 25.1 Å². The molecule has 0 aliphatic heterocycles. The Morgan fingerprint density at radius 3 is 2.85 bits per heavy atom. The van der Waals surface area contributed by atoms with Crippen molar-refractivity contribution in [1.29, 1.82) is 0 Å². The van der Waals surface area contributed by atoms with Crippen LogP contribution in [0.3, 0.4) is 0 Å². The number of halogens is 1. The van der Waals surface area contributed by atoms with E-state index in [1.54, 1.807) is 11.3 Å². The second kappa shape index (κ2) is 7.38. The van der Waals surface area contributed by atoms with Crippen LogP contribution in [0.4, 0.5) is 0 Å². The molecule has 0 saturated carbocycles. The summed E-state index contributed by atoms with van der Waals surface area (Å²) in [5.41, 5.74) is 2.49. The van der Waals surface area contributed by atoms with Crippen LogP contribution in [-0.4, -0.2) is 16.3 Å². The van der Waals surface area contributed by atoms with E-state index >= 15 is 0 Å². The summed E-state index contributed by atoms with van der Waals surface area (Å²) in [6.45, 7) is 7.50. The van der Waals surface area contributed by atoms with Gasteiger partial charge in [0.1, 0.15) is 0 Å². The Morgan fingerprint density at radius 2 is 2.25 bits per heavy atom. The van der Waals surface area contributed by atoms with Crippen LogP contribution < -0.4 is 5.32 Å². The monoisotopic (exact) mass is 355 g/mol. The standard InChI is InChI=1S/C15H22BrN3S/c1-4-11(3)19-7-6-13(18-19)9-14(17-5-2)12-8-15(16)20-10-12/h6-8,10-11,14,17H,4-5,9H2,1-3H3. The zero-order valence-electron chi connectivity index (χ0n) is 12.3. The molecule has 2 atom stereocenters. The van der Waals surface area contributed by atoms with Gasteiger partial charge >= 0.3 is 0 Å². The third-order valence-corrected chi connectivity index (χ3v) is 5.08. The largest absolute Gasteiger partial charge is 0.310 e. The Bertz CT molecular complexity index is 535. The molecule has 0 fully saturated rings. The molecule has 0 radical (unpaired) electrons. The molecule has 0 spiro atoms. The lowest BCUT2D eigenvalue weighted by Crippen LogP contribution is -2.22. The number of hydrogen-bond donors (Lipinski definition) is 1. The maximum atomic E-state index is 4.70. The maximum Gasteiger partial charge on any atom is 0.0701 e. The third kappa shape index (κ3) is 3.93. The van der Waals surface area contributed by atoms with Gasteiger partial charge in [0, 0.05) is 24.7 Å². The Kier molecular flexibility index (Phi) is 5.81. The molecule has 110 valence electrons. The lowest BCUT2D eigenvalue weighted by molar-refractivity contribution is 0.467. The molecule has 3 nitrogen and oxygen atoms in total. The van der Waals surface area contributed by atoms with E-state index in [0.29, 0.717) is 12.1 Å². The van der Waals surface area contributed by atoms with Gasteiger partial charge in [0.25, 0.3) is 0 Å². The highest BCUT2D eigenvalue weighted by atomic mass is 79.9. The SMILES string of the molecule is CCNC(Cc1ccn(C(C)CC)n1)c1csc(Br)c1. The van der Waals surface area contributed by atoms with E-state index in [4.69, 9.17) is 5.10 Å². The van der Waals surface area contributed by atoms with Crippen molar-refractivity contribution in [3.8, 4) is 0 Å². The fourth-order valence-electron chi connectivity index (χ4n) is 2.19. The van der Waals surface area contributed by atoms with Gasteiger partial charge in [0.2, 0.25) is 0 Å². The van der Waals surface area contributed by atoms with Gasteiger partial charge in [-0.1, -0.05) is 13.8 Å². The average molecular weight is 356 g/mol. The molecule has 0 aliphatic carbocycles. The van der Waals surface area contributed by atoms with Crippen molar-refractivity contribution >= 4 is 27.3 Å². The van der Waals surface area contributed by atoms with E-state index in [1.165, 1.54) is 9.35 Å². The predicted octanol–water partition coefficient (Wildman–Crippen LogP) is 4.57. The number of rotatable bonds is 7. The van der Waals surface area contributed by atoms with Crippen LogP contribution in [-0.2, 0) is 6.42 Å². The first-order valence-electron chi connectivity index (χ1n) is 7.15. The molecule has 2 unspecified atom stereocenters. The molecular formula is C15H22BrN3S. The number of likely N-dealkylation sites (N-methyl/N-ethyl adjacent to an activating group) is 1. The maximum absolute atomic E-state index is 4.70. The zero-order chi connectivity index (χ0) is 14.5. The summed E-state index contributed by atoms with van der Waals surface area (Å²) < 4.78 is 3.25. The predicted molar refractivity (Wildman–Crippen MR) is 89.4 cm³/mol. The van der Waals surface area contributed by atoms with E-state index in [-0.39, 0.29) is 0 Å². The van der Waals surface area contributed by atoms with Gasteiger partial charge in [0.15, 0.2) is 0 Å². The minimum Gasteiger partial charge on any atom is -0.310 e. The third-order valence-electron chi connectivity index (χ3n) is 3.56. The summed E-state index contributed by atoms with van der Waals surface area (Å²) in [7, 11) is 0. The summed E-state index contributed by atoms with van der Waals surface area (Å²) in [6.07, 6.45) is 4.13. The molecule has 5 heteroatoms. The number of nitrogens with one attached hydrogen (secondary N) is 1. The summed E-state index contributed by atoms with van der Waals surface area (Å²) in [5.74, 6) is 0. The molecule has 2 rings (SSSR count). The number of hydrogen-bond acceptors (Lipinski definition) is 3. The first-order valence-corrected chi connectivity index (χ1v) is 8.82. The Hall–Kier alpha value is -0.650. The summed E-state index contributed by atoms with van der Waals surface area (Å²) in [6, 6.07) is 5.14. The first kappa shape index (κ1) is 15.7. The van der Waals surface area contributed by atoms with Gasteiger partial charge in [-0.25, -0.2) is 0 Å². The van der Waals surface area contributed by atoms with Gasteiger partial charge < -0.3 is 5.32 Å². The van der Waals surface area contributed by atoms with Crippen molar-refractivity contribution in [1.82, 2.24) is 15.1 Å². The minimum atomic E-state index is 0.336. The number of aromatic nitrogens is 2. The number of thiophene rings is 1. The quantitative estimate of drug-likeness (QED) is 0.788. The first-order chi connectivity index (χ1) is 9.63. The molecule has 0 bridgehead atoms. The van der Waals surface area contributed by atoms with Crippen LogP contribution in [0.2, 0.25) is 0 Å². The van der Waals surface area contributed by atoms with Gasteiger partial charge in [0.05, 0.1) is 9.48 Å². The highest BCUT2D eigenvalue weighted by Gasteiger charge is 2.15. The van der Waals surface area contributed by atoms with Crippen LogP contribution in [0.5, 0.6) is 0 Å². The molecule has 1 N–H and O–H groups in total. The van der Waals surface area contributed by atoms with Gasteiger partial charge in [-0.2, -0.15) is 5.10 Å². The fraction of sp³-hybridized carbons (Fsp3) is 0.533. The average Bonchev–Trinajstić information content (AvgIpc) is 3.06. The summed E-state index contributed by atoms with van der Waals surface area (Å²) in [4.78, 5) is 0. The van der Waals surface area contributed by atoms with Crippen LogP contribution in [0.25, 0.3) is 0 Å². The molecule has 2 heterocycles. The van der Waals surface area contributed by atoms with E-state index in [2.05, 4.69) is 70.4 Å². The van der Waals surface area contributed by atoms with Crippen molar-refractivity contribution in [2.75, 3.05) is 6.54 Å². The van der Waals surface area contributed by atoms with Crippen LogP contribution in [0.1, 0.15) is 50.5 Å². The zero-order valence-corrected chi connectivity index (χ0v) is 14.7. The van der Waals surface area contributed by atoms with Gasteiger partial charge in [-0.05, 0) is 58.9 Å². The lowest BCUT2D eigenvalue weighted by Gasteiger charge is -2.15. The minimum absolute atomic E-state index is 0.336. The highest BCUT2D eigenvalue weighted by molar-refractivity contribution is 9.11. The Balaban J connectivity index is 2.10. The molecule has 2 aromatic heterocycles. The highest BCUT2D eigenvalue weighted by Crippen LogP contribution is 2.27. The molecule has 0 saturated heterocycles. The molecule has 0 aliphatic rings. The van der Waals surface area contributed by atoms with E-state index in [9.17, 15) is 0 Å². The topological polar surface area (TPSA) is 29.9 Å². The molecule has 20 heavy (non-hydrogen) atoms. The molecular weight excluding hydrogens is 334 g/mol. The van der Waals surface area contributed by atoms with Crippen molar-refractivity contribution in [2.45, 2.75) is 45.7 Å². The van der Waals surface area contributed by atoms with Gasteiger partial charge in [-0.3, -0.25) is 4.68 Å². The smallest absolute Gasteiger partial charge is 0.0701 e. The van der Waals surface area contributed by atoms with E-state index < -0.39 is 0 Å². The van der Waals surface area contributed by atoms with Crippen molar-refractivity contribution in [3.63, 3.8) is 0 Å².